The third-order valence-electron chi connectivity index (χ3n) is 5.04. The van der Waals surface area contributed by atoms with Gasteiger partial charge in [-0.3, -0.25) is 9.20 Å². The minimum atomic E-state index is -0.142. The molecule has 0 aliphatic rings. The third kappa shape index (κ3) is 3.92. The smallest absolute Gasteiger partial charge is 0.234 e. The molecule has 0 spiro atoms. The lowest BCUT2D eigenvalue weighted by Crippen LogP contribution is -2.15. The number of carbonyl (C=O) groups is 1. The fourth-order valence-electron chi connectivity index (χ4n) is 3.48. The van der Waals surface area contributed by atoms with Gasteiger partial charge in [-0.15, -0.1) is 10.2 Å². The van der Waals surface area contributed by atoms with Crippen LogP contribution in [-0.4, -0.2) is 31.2 Å². The maximum Gasteiger partial charge on any atom is 0.234 e. The minimum absolute atomic E-state index is 0.142. The number of para-hydroxylation sites is 2. The Morgan fingerprint density at radius 3 is 2.66 bits per heavy atom. The maximum absolute atomic E-state index is 12.6. The largest absolute Gasteiger partial charge is 0.325 e. The molecule has 2 aromatic heterocycles. The Kier molecular flexibility index (Phi) is 5.51. The Hall–Kier alpha value is -3.42. The number of nitrogens with zero attached hydrogens (tertiary/aromatic N) is 4. The quantitative estimate of drug-likeness (QED) is 0.344. The van der Waals surface area contributed by atoms with Crippen LogP contribution >= 0.6 is 23.4 Å². The number of nitrogens with one attached hydrogen (secondary N) is 1. The topological polar surface area (TPSA) is 72.2 Å². The van der Waals surface area contributed by atoms with Crippen LogP contribution in [0, 0.1) is 6.92 Å². The molecule has 3 aromatic carbocycles. The van der Waals surface area contributed by atoms with Crippen molar-refractivity contribution in [3.63, 3.8) is 0 Å². The van der Waals surface area contributed by atoms with Crippen molar-refractivity contribution in [1.29, 1.82) is 0 Å². The van der Waals surface area contributed by atoms with Gasteiger partial charge >= 0.3 is 0 Å². The molecule has 5 aromatic rings. The van der Waals surface area contributed by atoms with Crippen LogP contribution in [0.3, 0.4) is 0 Å². The molecule has 0 bridgehead atoms. The highest BCUT2D eigenvalue weighted by Crippen LogP contribution is 2.29. The van der Waals surface area contributed by atoms with Crippen LogP contribution in [0.5, 0.6) is 0 Å². The predicted molar refractivity (Wildman–Crippen MR) is 129 cm³/mol. The number of rotatable bonds is 5. The van der Waals surface area contributed by atoms with Crippen LogP contribution in [0.15, 0.2) is 77.8 Å². The highest BCUT2D eigenvalue weighted by atomic mass is 35.5. The first-order chi connectivity index (χ1) is 15.6. The first-order valence-electron chi connectivity index (χ1n) is 9.98. The van der Waals surface area contributed by atoms with Crippen molar-refractivity contribution in [2.75, 3.05) is 11.1 Å². The molecular weight excluding hydrogens is 442 g/mol. The molecule has 0 saturated carbocycles. The van der Waals surface area contributed by atoms with Crippen LogP contribution < -0.4 is 5.32 Å². The molecule has 0 aliphatic heterocycles. The summed E-state index contributed by atoms with van der Waals surface area (Å²) in [5, 5.41) is 13.0. The van der Waals surface area contributed by atoms with Crippen molar-refractivity contribution in [1.82, 2.24) is 19.6 Å². The number of aryl methyl sites for hydroxylation is 1. The summed E-state index contributed by atoms with van der Waals surface area (Å²) < 4.78 is 2.00. The lowest BCUT2D eigenvalue weighted by molar-refractivity contribution is -0.113. The molecule has 2 heterocycles. The molecular formula is C24H18ClN5OS. The van der Waals surface area contributed by atoms with Gasteiger partial charge in [-0.25, -0.2) is 4.98 Å². The van der Waals surface area contributed by atoms with Crippen molar-refractivity contribution < 1.29 is 4.79 Å². The van der Waals surface area contributed by atoms with E-state index in [2.05, 4.69) is 15.5 Å². The number of amides is 1. The molecule has 1 N–H and O–H groups in total. The Morgan fingerprint density at radius 1 is 1.03 bits per heavy atom. The van der Waals surface area contributed by atoms with Crippen molar-refractivity contribution in [3.8, 4) is 11.4 Å². The van der Waals surface area contributed by atoms with Crippen molar-refractivity contribution in [2.24, 2.45) is 0 Å². The van der Waals surface area contributed by atoms with Crippen molar-refractivity contribution in [3.05, 3.63) is 83.4 Å². The second-order valence-corrected chi connectivity index (χ2v) is 8.65. The second-order valence-electron chi connectivity index (χ2n) is 7.25. The van der Waals surface area contributed by atoms with Gasteiger partial charge in [0.05, 0.1) is 16.8 Å². The molecule has 1 amide bonds. The van der Waals surface area contributed by atoms with E-state index in [0.717, 1.165) is 28.0 Å². The second kappa shape index (κ2) is 8.61. The van der Waals surface area contributed by atoms with E-state index >= 15 is 0 Å². The zero-order valence-electron chi connectivity index (χ0n) is 17.1. The molecule has 0 saturated heterocycles. The van der Waals surface area contributed by atoms with Gasteiger partial charge in [-0.1, -0.05) is 71.9 Å². The highest BCUT2D eigenvalue weighted by molar-refractivity contribution is 8.00. The maximum atomic E-state index is 12.6. The van der Waals surface area contributed by atoms with Gasteiger partial charge in [0.1, 0.15) is 5.03 Å². The summed E-state index contributed by atoms with van der Waals surface area (Å²) in [5.41, 5.74) is 4.96. The third-order valence-corrected chi connectivity index (χ3v) is 6.23. The Morgan fingerprint density at radius 2 is 1.81 bits per heavy atom. The van der Waals surface area contributed by atoms with Gasteiger partial charge in [0.2, 0.25) is 5.91 Å². The highest BCUT2D eigenvalue weighted by Gasteiger charge is 2.17. The zero-order chi connectivity index (χ0) is 22.1. The molecule has 158 valence electrons. The fourth-order valence-corrected chi connectivity index (χ4v) is 4.41. The van der Waals surface area contributed by atoms with E-state index in [0.29, 0.717) is 21.4 Å². The van der Waals surface area contributed by atoms with E-state index in [1.54, 1.807) is 12.1 Å². The summed E-state index contributed by atoms with van der Waals surface area (Å²) >= 11 is 7.39. The molecule has 0 atom stereocenters. The van der Waals surface area contributed by atoms with Gasteiger partial charge in [-0.2, -0.15) is 0 Å². The first-order valence-corrected chi connectivity index (χ1v) is 11.3. The summed E-state index contributed by atoms with van der Waals surface area (Å²) in [6.45, 7) is 1.93. The molecule has 0 fully saturated rings. The average Bonchev–Trinajstić information content (AvgIpc) is 3.26. The summed E-state index contributed by atoms with van der Waals surface area (Å²) in [4.78, 5) is 17.4. The molecule has 5 rings (SSSR count). The number of hydrogen-bond acceptors (Lipinski definition) is 5. The SMILES string of the molecule is Cc1ccc(Cl)cc1NC(=O)CSc1nc2ccccc2n2c(-c3ccccc3)nnc12. The lowest BCUT2D eigenvalue weighted by Gasteiger charge is -2.10. The molecule has 0 aliphatic carbocycles. The van der Waals surface area contributed by atoms with Crippen LogP contribution in [-0.2, 0) is 4.79 Å². The summed E-state index contributed by atoms with van der Waals surface area (Å²) in [7, 11) is 0. The molecule has 0 radical (unpaired) electrons. The summed E-state index contributed by atoms with van der Waals surface area (Å²) in [6, 6.07) is 23.2. The monoisotopic (exact) mass is 459 g/mol. The van der Waals surface area contributed by atoms with Gasteiger partial charge in [-0.05, 0) is 36.8 Å². The van der Waals surface area contributed by atoms with E-state index in [-0.39, 0.29) is 11.7 Å². The number of thioether (sulfide) groups is 1. The molecule has 8 heteroatoms. The molecule has 0 unspecified atom stereocenters. The Balaban J connectivity index is 1.49. The van der Waals surface area contributed by atoms with Crippen molar-refractivity contribution in [2.45, 2.75) is 11.9 Å². The zero-order valence-corrected chi connectivity index (χ0v) is 18.7. The number of hydrogen-bond donors (Lipinski definition) is 1. The van der Waals surface area contributed by atoms with E-state index in [1.165, 1.54) is 11.8 Å². The van der Waals surface area contributed by atoms with Gasteiger partial charge in [0, 0.05) is 16.3 Å². The van der Waals surface area contributed by atoms with Crippen LogP contribution in [0.4, 0.5) is 5.69 Å². The Bertz CT molecular complexity index is 1450. The lowest BCUT2D eigenvalue weighted by atomic mass is 10.2. The molecule has 32 heavy (non-hydrogen) atoms. The van der Waals surface area contributed by atoms with E-state index in [4.69, 9.17) is 16.6 Å². The summed E-state index contributed by atoms with van der Waals surface area (Å²) in [5.74, 6) is 0.775. The number of halogens is 1. The normalized spacial score (nSPS) is 11.2. The minimum Gasteiger partial charge on any atom is -0.325 e. The Labute approximate surface area is 193 Å². The summed E-state index contributed by atoms with van der Waals surface area (Å²) in [6.07, 6.45) is 0. The predicted octanol–water partition coefficient (Wildman–Crippen LogP) is 5.64. The van der Waals surface area contributed by atoms with Crippen LogP contribution in [0.2, 0.25) is 5.02 Å². The number of anilines is 1. The number of aromatic nitrogens is 4. The standard InChI is InChI=1S/C24H18ClN5OS/c1-15-11-12-17(25)13-19(15)26-21(31)14-32-24-23-29-28-22(16-7-3-2-4-8-16)30(23)20-10-6-5-9-18(20)27-24/h2-13H,14H2,1H3,(H,26,31). The van der Waals surface area contributed by atoms with E-state index in [9.17, 15) is 4.79 Å². The van der Waals surface area contributed by atoms with E-state index in [1.807, 2.05) is 72.0 Å². The number of carbonyl (C=O) groups excluding carboxylic acids is 1. The van der Waals surface area contributed by atoms with Gasteiger partial charge < -0.3 is 5.32 Å². The van der Waals surface area contributed by atoms with Gasteiger partial charge in [0.15, 0.2) is 11.5 Å². The average molecular weight is 460 g/mol. The number of fused-ring (bicyclic) bond motifs is 3. The first kappa shape index (κ1) is 20.5. The van der Waals surface area contributed by atoms with E-state index < -0.39 is 0 Å². The van der Waals surface area contributed by atoms with Crippen LogP contribution in [0.25, 0.3) is 28.1 Å². The number of benzene rings is 3. The fraction of sp³-hybridized carbons (Fsp3) is 0.0833. The van der Waals surface area contributed by atoms with Gasteiger partial charge in [0.25, 0.3) is 0 Å². The van der Waals surface area contributed by atoms with Crippen molar-refractivity contribution >= 4 is 51.6 Å². The van der Waals surface area contributed by atoms with Crippen LogP contribution in [0.1, 0.15) is 5.56 Å². The molecule has 6 nitrogen and oxygen atoms in total.